The number of nitrogens with zero attached hydrogens (tertiary/aromatic N) is 7. The van der Waals surface area contributed by atoms with Crippen molar-refractivity contribution in [3.05, 3.63) is 30.1 Å². The number of nitrogens with one attached hydrogen (secondary N) is 1. The molecule has 1 unspecified atom stereocenters. The standard InChI is InChI=1S/C17H23N9O.CH2O2/c1-11-14(7-19-22-11)16-21-17(26(23-16)13-6-20-24(2)9-13)12-4-3-5-25(8-12)10-15(18)27;2-1-3/h6-7,9,12H,3-5,8,10H2,1-2H3,(H2,18,27)(H,19,22);1H,(H,2,3). The van der Waals surface area contributed by atoms with E-state index in [0.29, 0.717) is 5.82 Å². The minimum atomic E-state index is -0.306. The van der Waals surface area contributed by atoms with Crippen LogP contribution >= 0.6 is 0 Å². The van der Waals surface area contributed by atoms with Crippen molar-refractivity contribution < 1.29 is 14.7 Å². The van der Waals surface area contributed by atoms with Gasteiger partial charge in [0.15, 0.2) is 5.82 Å². The number of likely N-dealkylation sites (tertiary alicyclic amines) is 1. The van der Waals surface area contributed by atoms with Gasteiger partial charge in [0.05, 0.1) is 30.7 Å². The average Bonchev–Trinajstić information content (AvgIpc) is 3.41. The van der Waals surface area contributed by atoms with E-state index >= 15 is 0 Å². The minimum Gasteiger partial charge on any atom is -0.483 e. The number of hydrogen-bond acceptors (Lipinski definition) is 7. The molecule has 30 heavy (non-hydrogen) atoms. The highest BCUT2D eigenvalue weighted by Crippen LogP contribution is 2.29. The van der Waals surface area contributed by atoms with Crippen LogP contribution in [0.25, 0.3) is 17.1 Å². The summed E-state index contributed by atoms with van der Waals surface area (Å²) < 4.78 is 3.59. The number of primary amides is 1. The molecule has 1 aliphatic rings. The van der Waals surface area contributed by atoms with Gasteiger partial charge in [0, 0.05) is 25.2 Å². The van der Waals surface area contributed by atoms with Crippen molar-refractivity contribution in [3.63, 3.8) is 0 Å². The summed E-state index contributed by atoms with van der Waals surface area (Å²) >= 11 is 0. The van der Waals surface area contributed by atoms with E-state index in [2.05, 4.69) is 20.2 Å². The molecule has 0 aromatic carbocycles. The zero-order chi connectivity index (χ0) is 21.7. The summed E-state index contributed by atoms with van der Waals surface area (Å²) in [6.07, 6.45) is 7.39. The third kappa shape index (κ3) is 4.71. The fourth-order valence-corrected chi connectivity index (χ4v) is 3.62. The Kier molecular flexibility index (Phi) is 6.57. The Balaban J connectivity index is 0.000000806. The molecule has 0 aliphatic carbocycles. The molecule has 1 fully saturated rings. The van der Waals surface area contributed by atoms with Gasteiger partial charge in [-0.3, -0.25) is 24.3 Å². The molecule has 1 atom stereocenters. The van der Waals surface area contributed by atoms with Gasteiger partial charge in [-0.2, -0.15) is 10.2 Å². The van der Waals surface area contributed by atoms with E-state index in [4.69, 9.17) is 25.7 Å². The molecule has 4 heterocycles. The second kappa shape index (κ2) is 9.31. The number of amides is 1. The molecule has 12 nitrogen and oxygen atoms in total. The minimum absolute atomic E-state index is 0.159. The smallest absolute Gasteiger partial charge is 0.290 e. The molecule has 1 saturated heterocycles. The van der Waals surface area contributed by atoms with Crippen molar-refractivity contribution >= 4 is 12.4 Å². The van der Waals surface area contributed by atoms with Gasteiger partial charge >= 0.3 is 0 Å². The second-order valence-electron chi connectivity index (χ2n) is 7.13. The Morgan fingerprint density at radius 3 is 2.80 bits per heavy atom. The lowest BCUT2D eigenvalue weighted by Gasteiger charge is -2.31. The van der Waals surface area contributed by atoms with Crippen LogP contribution in [0.4, 0.5) is 0 Å². The number of carbonyl (C=O) groups excluding carboxylic acids is 1. The number of carboxylic acid groups (broad SMARTS) is 1. The van der Waals surface area contributed by atoms with E-state index in [1.807, 2.05) is 24.9 Å². The van der Waals surface area contributed by atoms with Crippen molar-refractivity contribution in [2.75, 3.05) is 19.6 Å². The molecule has 0 saturated carbocycles. The van der Waals surface area contributed by atoms with Crippen LogP contribution in [0.15, 0.2) is 18.6 Å². The summed E-state index contributed by atoms with van der Waals surface area (Å²) in [5.74, 6) is 1.35. The van der Waals surface area contributed by atoms with Crippen molar-refractivity contribution in [2.24, 2.45) is 12.8 Å². The van der Waals surface area contributed by atoms with Gasteiger partial charge in [0.2, 0.25) is 5.91 Å². The van der Waals surface area contributed by atoms with Crippen LogP contribution in [0.1, 0.15) is 30.3 Å². The van der Waals surface area contributed by atoms with Gasteiger partial charge in [-0.1, -0.05) is 0 Å². The summed E-state index contributed by atoms with van der Waals surface area (Å²) in [7, 11) is 1.87. The van der Waals surface area contributed by atoms with Gasteiger partial charge in [-0.15, -0.1) is 5.10 Å². The number of aromatic nitrogens is 7. The highest BCUT2D eigenvalue weighted by atomic mass is 16.3. The highest BCUT2D eigenvalue weighted by molar-refractivity contribution is 5.75. The van der Waals surface area contributed by atoms with Crippen LogP contribution in [-0.2, 0) is 16.6 Å². The Morgan fingerprint density at radius 1 is 1.43 bits per heavy atom. The number of aryl methyl sites for hydroxylation is 2. The van der Waals surface area contributed by atoms with E-state index in [-0.39, 0.29) is 24.8 Å². The van der Waals surface area contributed by atoms with E-state index in [1.165, 1.54) is 0 Å². The number of carbonyl (C=O) groups is 2. The largest absolute Gasteiger partial charge is 0.483 e. The molecular formula is C18H25N9O3. The maximum atomic E-state index is 11.3. The third-order valence-corrected chi connectivity index (χ3v) is 4.89. The lowest BCUT2D eigenvalue weighted by Crippen LogP contribution is -2.40. The Bertz CT molecular complexity index is 1010. The first-order chi connectivity index (χ1) is 14.4. The van der Waals surface area contributed by atoms with Crippen LogP contribution in [0.5, 0.6) is 0 Å². The first-order valence-corrected chi connectivity index (χ1v) is 9.47. The lowest BCUT2D eigenvalue weighted by molar-refractivity contribution is -0.123. The van der Waals surface area contributed by atoms with Crippen LogP contribution in [-0.4, -0.2) is 76.8 Å². The summed E-state index contributed by atoms with van der Waals surface area (Å²) in [6.45, 7) is 3.56. The molecule has 0 spiro atoms. The average molecular weight is 415 g/mol. The van der Waals surface area contributed by atoms with Crippen LogP contribution in [0, 0.1) is 6.92 Å². The predicted molar refractivity (Wildman–Crippen MR) is 107 cm³/mol. The van der Waals surface area contributed by atoms with Gasteiger partial charge in [0.25, 0.3) is 6.47 Å². The van der Waals surface area contributed by atoms with Crippen LogP contribution < -0.4 is 5.73 Å². The monoisotopic (exact) mass is 415 g/mol. The molecule has 3 aromatic heterocycles. The van der Waals surface area contributed by atoms with Gasteiger partial charge in [-0.05, 0) is 26.3 Å². The molecule has 0 radical (unpaired) electrons. The van der Waals surface area contributed by atoms with Crippen LogP contribution in [0.3, 0.4) is 0 Å². The first kappa shape index (κ1) is 21.2. The summed E-state index contributed by atoms with van der Waals surface area (Å²) in [4.78, 5) is 26.6. The van der Waals surface area contributed by atoms with E-state index < -0.39 is 0 Å². The maximum Gasteiger partial charge on any atom is 0.290 e. The number of rotatable bonds is 5. The lowest BCUT2D eigenvalue weighted by atomic mass is 9.97. The molecule has 4 N–H and O–H groups in total. The van der Waals surface area contributed by atoms with E-state index in [0.717, 1.165) is 48.7 Å². The fraction of sp³-hybridized carbons (Fsp3) is 0.444. The Morgan fingerprint density at radius 2 is 2.20 bits per heavy atom. The SMILES string of the molecule is Cc1[nH]ncc1-c1nc(C2CCCN(CC(N)=O)C2)n(-c2cnn(C)c2)n1.O=CO. The second-order valence-corrected chi connectivity index (χ2v) is 7.13. The molecule has 1 aliphatic heterocycles. The normalized spacial score (nSPS) is 16.7. The number of nitrogens with two attached hydrogens (primary N) is 1. The Hall–Kier alpha value is -3.54. The third-order valence-electron chi connectivity index (χ3n) is 4.89. The fourth-order valence-electron chi connectivity index (χ4n) is 3.62. The van der Waals surface area contributed by atoms with Crippen molar-refractivity contribution in [2.45, 2.75) is 25.7 Å². The number of piperidine rings is 1. The van der Waals surface area contributed by atoms with Gasteiger partial charge < -0.3 is 10.8 Å². The zero-order valence-electron chi connectivity index (χ0n) is 16.9. The van der Waals surface area contributed by atoms with Crippen molar-refractivity contribution in [1.82, 2.24) is 39.6 Å². The predicted octanol–water partition coefficient (Wildman–Crippen LogP) is 0.0648. The van der Waals surface area contributed by atoms with Gasteiger partial charge in [-0.25, -0.2) is 9.67 Å². The molecular weight excluding hydrogens is 390 g/mol. The molecule has 4 rings (SSSR count). The summed E-state index contributed by atoms with van der Waals surface area (Å²) in [6, 6.07) is 0. The van der Waals surface area contributed by atoms with Crippen molar-refractivity contribution in [1.29, 1.82) is 0 Å². The molecule has 3 aromatic rings. The zero-order valence-corrected chi connectivity index (χ0v) is 16.9. The molecule has 160 valence electrons. The van der Waals surface area contributed by atoms with Crippen LogP contribution in [0.2, 0.25) is 0 Å². The quantitative estimate of drug-likeness (QED) is 0.493. The summed E-state index contributed by atoms with van der Waals surface area (Å²) in [5, 5.41) is 22.9. The molecule has 12 heteroatoms. The van der Waals surface area contributed by atoms with E-state index in [1.54, 1.807) is 17.1 Å². The summed E-state index contributed by atoms with van der Waals surface area (Å²) in [5.41, 5.74) is 8.04. The van der Waals surface area contributed by atoms with Gasteiger partial charge in [0.1, 0.15) is 11.5 Å². The number of H-pyrrole nitrogens is 1. The number of aromatic amines is 1. The van der Waals surface area contributed by atoms with E-state index in [9.17, 15) is 4.79 Å². The topological polar surface area (TPSA) is 161 Å². The Labute approximate surface area is 172 Å². The molecule has 1 amide bonds. The highest BCUT2D eigenvalue weighted by Gasteiger charge is 2.28. The first-order valence-electron chi connectivity index (χ1n) is 9.47. The maximum absolute atomic E-state index is 11.3. The number of hydrogen-bond donors (Lipinski definition) is 3. The molecule has 0 bridgehead atoms. The van der Waals surface area contributed by atoms with Crippen molar-refractivity contribution in [3.8, 4) is 17.1 Å².